The Morgan fingerprint density at radius 3 is 2.90 bits per heavy atom. The Balaban J connectivity index is 1.67. The van der Waals surface area contributed by atoms with Crippen LogP contribution in [-0.4, -0.2) is 34.4 Å². The van der Waals surface area contributed by atoms with Crippen molar-refractivity contribution < 1.29 is 9.59 Å². The minimum atomic E-state index is -0.934. The third-order valence-corrected chi connectivity index (χ3v) is 6.56. The van der Waals surface area contributed by atoms with Crippen molar-refractivity contribution in [3.05, 3.63) is 44.7 Å². The molecule has 164 valence electrons. The standard InChI is InChI=1S/C22H26ClN5O3/c1-3-13-7-4-5-10-28(13)22-26-19-18(21(31)27-22)14(11-17(29)25-19)20(30)24-16-9-6-8-15(23)12(16)2/h6,8-9,13-14H,3-5,7,10-11H2,1-2H3,(H,24,30)(H2,25,26,27,29,31)/t13-,14-/m1/s1. The molecule has 0 spiro atoms. The highest BCUT2D eigenvalue weighted by Crippen LogP contribution is 2.32. The Morgan fingerprint density at radius 2 is 2.13 bits per heavy atom. The van der Waals surface area contributed by atoms with E-state index in [9.17, 15) is 14.4 Å². The van der Waals surface area contributed by atoms with Gasteiger partial charge in [0.1, 0.15) is 5.82 Å². The van der Waals surface area contributed by atoms with Gasteiger partial charge in [0.25, 0.3) is 5.56 Å². The number of carbonyl (C=O) groups excluding carboxylic acids is 2. The first-order valence-corrected chi connectivity index (χ1v) is 11.0. The third kappa shape index (κ3) is 4.17. The third-order valence-electron chi connectivity index (χ3n) is 6.15. The predicted molar refractivity (Wildman–Crippen MR) is 121 cm³/mol. The first-order valence-electron chi connectivity index (χ1n) is 10.7. The quantitative estimate of drug-likeness (QED) is 0.669. The second-order valence-electron chi connectivity index (χ2n) is 8.11. The van der Waals surface area contributed by atoms with Gasteiger partial charge in [-0.1, -0.05) is 24.6 Å². The van der Waals surface area contributed by atoms with Crippen molar-refractivity contribution in [1.82, 2.24) is 9.97 Å². The zero-order valence-electron chi connectivity index (χ0n) is 17.6. The molecule has 1 saturated heterocycles. The van der Waals surface area contributed by atoms with Gasteiger partial charge in [-0.15, -0.1) is 0 Å². The highest BCUT2D eigenvalue weighted by molar-refractivity contribution is 6.31. The smallest absolute Gasteiger partial charge is 0.258 e. The number of hydrogen-bond acceptors (Lipinski definition) is 5. The Hall–Kier alpha value is -2.87. The van der Waals surface area contributed by atoms with Gasteiger partial charge in [0.05, 0.1) is 11.5 Å². The zero-order valence-corrected chi connectivity index (χ0v) is 18.4. The Labute approximate surface area is 185 Å². The average molecular weight is 444 g/mol. The Morgan fingerprint density at radius 1 is 1.32 bits per heavy atom. The highest BCUT2D eigenvalue weighted by atomic mass is 35.5. The zero-order chi connectivity index (χ0) is 22.1. The largest absolute Gasteiger partial charge is 0.339 e. The summed E-state index contributed by atoms with van der Waals surface area (Å²) in [5, 5.41) is 6.02. The fourth-order valence-electron chi connectivity index (χ4n) is 4.39. The van der Waals surface area contributed by atoms with Gasteiger partial charge in [0.15, 0.2) is 0 Å². The molecule has 2 aliphatic heterocycles. The van der Waals surface area contributed by atoms with E-state index in [-0.39, 0.29) is 23.7 Å². The van der Waals surface area contributed by atoms with Gasteiger partial charge in [-0.2, -0.15) is 4.98 Å². The van der Waals surface area contributed by atoms with Crippen LogP contribution in [0.2, 0.25) is 5.02 Å². The predicted octanol–water partition coefficient (Wildman–Crippen LogP) is 3.57. The number of nitrogens with one attached hydrogen (secondary N) is 3. The molecule has 0 saturated carbocycles. The molecule has 1 aromatic carbocycles. The first kappa shape index (κ1) is 21.4. The summed E-state index contributed by atoms with van der Waals surface area (Å²) < 4.78 is 0. The molecule has 0 bridgehead atoms. The molecule has 2 atom stereocenters. The summed E-state index contributed by atoms with van der Waals surface area (Å²) in [6.07, 6.45) is 4.02. The van der Waals surface area contributed by atoms with Crippen LogP contribution in [0.25, 0.3) is 0 Å². The number of nitrogens with zero attached hydrogens (tertiary/aromatic N) is 2. The fourth-order valence-corrected chi connectivity index (χ4v) is 4.56. The summed E-state index contributed by atoms with van der Waals surface area (Å²) in [7, 11) is 0. The summed E-state index contributed by atoms with van der Waals surface area (Å²) in [6, 6.07) is 5.49. The maximum atomic E-state index is 13.1. The molecule has 9 heteroatoms. The van der Waals surface area contributed by atoms with E-state index in [4.69, 9.17) is 11.6 Å². The van der Waals surface area contributed by atoms with Crippen molar-refractivity contribution in [2.24, 2.45) is 0 Å². The van der Waals surface area contributed by atoms with E-state index in [0.29, 0.717) is 22.7 Å². The molecular weight excluding hydrogens is 418 g/mol. The number of H-pyrrole nitrogens is 1. The first-order chi connectivity index (χ1) is 14.9. The number of rotatable bonds is 4. The molecular formula is C22H26ClN5O3. The van der Waals surface area contributed by atoms with Gasteiger partial charge >= 0.3 is 0 Å². The fraction of sp³-hybridized carbons (Fsp3) is 0.455. The van der Waals surface area contributed by atoms with Gasteiger partial charge in [0, 0.05) is 29.7 Å². The summed E-state index contributed by atoms with van der Waals surface area (Å²) >= 11 is 6.14. The topological polar surface area (TPSA) is 107 Å². The summed E-state index contributed by atoms with van der Waals surface area (Å²) in [4.78, 5) is 48.0. The molecule has 8 nitrogen and oxygen atoms in total. The van der Waals surface area contributed by atoms with Gasteiger partial charge in [-0.05, 0) is 50.3 Å². The van der Waals surface area contributed by atoms with Gasteiger partial charge in [-0.25, -0.2) is 0 Å². The van der Waals surface area contributed by atoms with E-state index >= 15 is 0 Å². The van der Waals surface area contributed by atoms with Crippen LogP contribution >= 0.6 is 11.6 Å². The van der Waals surface area contributed by atoms with Crippen molar-refractivity contribution in [2.75, 3.05) is 22.1 Å². The van der Waals surface area contributed by atoms with Gasteiger partial charge in [-0.3, -0.25) is 19.4 Å². The van der Waals surface area contributed by atoms with Gasteiger partial charge < -0.3 is 15.5 Å². The van der Waals surface area contributed by atoms with Crippen molar-refractivity contribution in [3.63, 3.8) is 0 Å². The van der Waals surface area contributed by atoms with Crippen molar-refractivity contribution in [2.45, 2.75) is 57.9 Å². The van der Waals surface area contributed by atoms with E-state index in [0.717, 1.165) is 37.8 Å². The average Bonchev–Trinajstić information content (AvgIpc) is 2.75. The van der Waals surface area contributed by atoms with Gasteiger partial charge in [0.2, 0.25) is 17.8 Å². The maximum Gasteiger partial charge on any atom is 0.258 e. The minimum absolute atomic E-state index is 0.121. The lowest BCUT2D eigenvalue weighted by Gasteiger charge is -2.36. The molecule has 0 unspecified atom stereocenters. The molecule has 1 fully saturated rings. The number of amides is 2. The van der Waals surface area contributed by atoms with Crippen LogP contribution in [0, 0.1) is 6.92 Å². The molecule has 0 aliphatic carbocycles. The Bertz CT molecular complexity index is 1080. The number of hydrogen-bond donors (Lipinski definition) is 3. The summed E-state index contributed by atoms with van der Waals surface area (Å²) in [5.74, 6) is -1.10. The van der Waals surface area contributed by atoms with Crippen LogP contribution in [0.3, 0.4) is 0 Å². The van der Waals surface area contributed by atoms with Crippen LogP contribution in [0.15, 0.2) is 23.0 Å². The molecule has 3 N–H and O–H groups in total. The lowest BCUT2D eigenvalue weighted by molar-refractivity contribution is -0.123. The number of fused-ring (bicyclic) bond motifs is 1. The normalized spacial score (nSPS) is 20.7. The van der Waals surface area contributed by atoms with Crippen LogP contribution < -0.4 is 21.1 Å². The molecule has 0 radical (unpaired) electrons. The molecule has 2 aliphatic rings. The molecule has 3 heterocycles. The molecule has 1 aromatic heterocycles. The van der Waals surface area contributed by atoms with Crippen LogP contribution in [0.1, 0.15) is 56.1 Å². The second-order valence-corrected chi connectivity index (χ2v) is 8.52. The summed E-state index contributed by atoms with van der Waals surface area (Å²) in [6.45, 7) is 4.70. The maximum absolute atomic E-state index is 13.1. The molecule has 2 aromatic rings. The lowest BCUT2D eigenvalue weighted by atomic mass is 9.92. The SMILES string of the molecule is CC[C@@H]1CCCCN1c1nc2c(c(=O)[nH]1)[C@H](C(=O)Nc1cccc(Cl)c1C)CC(=O)N2. The van der Waals surface area contributed by atoms with Crippen molar-refractivity contribution in [1.29, 1.82) is 0 Å². The number of aromatic nitrogens is 2. The van der Waals surface area contributed by atoms with E-state index in [1.807, 2.05) is 0 Å². The minimum Gasteiger partial charge on any atom is -0.339 e. The van der Waals surface area contributed by atoms with Crippen LogP contribution in [0.5, 0.6) is 0 Å². The molecule has 4 rings (SSSR count). The number of aromatic amines is 1. The Kier molecular flexibility index (Phi) is 6.00. The van der Waals surface area contributed by atoms with Crippen LogP contribution in [-0.2, 0) is 9.59 Å². The number of anilines is 3. The van der Waals surface area contributed by atoms with Crippen LogP contribution in [0.4, 0.5) is 17.5 Å². The molecule has 31 heavy (non-hydrogen) atoms. The van der Waals surface area contributed by atoms with E-state index in [1.54, 1.807) is 25.1 Å². The van der Waals surface area contributed by atoms with E-state index in [2.05, 4.69) is 32.4 Å². The monoisotopic (exact) mass is 443 g/mol. The summed E-state index contributed by atoms with van der Waals surface area (Å²) in [5.41, 5.74) is 1.05. The van der Waals surface area contributed by atoms with Crippen molar-refractivity contribution in [3.8, 4) is 0 Å². The number of halogens is 1. The van der Waals surface area contributed by atoms with Crippen molar-refractivity contribution >= 4 is 40.9 Å². The lowest BCUT2D eigenvalue weighted by Crippen LogP contribution is -2.43. The van der Waals surface area contributed by atoms with E-state index in [1.165, 1.54) is 0 Å². The number of carbonyl (C=O) groups is 2. The number of benzene rings is 1. The van der Waals surface area contributed by atoms with E-state index < -0.39 is 17.4 Å². The second kappa shape index (κ2) is 8.70. The number of piperidine rings is 1. The highest BCUT2D eigenvalue weighted by Gasteiger charge is 2.36. The molecule has 2 amide bonds.